The van der Waals surface area contributed by atoms with Crippen molar-refractivity contribution in [3.8, 4) is 0 Å². The molecular formula is C13H14F3NO. The predicted molar refractivity (Wildman–Crippen MR) is 61.3 cm³/mol. The second-order valence-corrected chi connectivity index (χ2v) is 4.68. The Labute approximate surface area is 103 Å². The van der Waals surface area contributed by atoms with Crippen molar-refractivity contribution >= 4 is 5.78 Å². The fourth-order valence-corrected chi connectivity index (χ4v) is 2.22. The molecule has 0 radical (unpaired) electrons. The largest absolute Gasteiger partial charge is 0.416 e. The summed E-state index contributed by atoms with van der Waals surface area (Å²) in [6, 6.07) is 4.65. The summed E-state index contributed by atoms with van der Waals surface area (Å²) in [5.74, 6) is -0.279. The summed E-state index contributed by atoms with van der Waals surface area (Å²) in [6.07, 6.45) is -4.41. The number of rotatable bonds is 2. The van der Waals surface area contributed by atoms with E-state index in [1.54, 1.807) is 0 Å². The lowest BCUT2D eigenvalue weighted by Gasteiger charge is -2.14. The van der Waals surface area contributed by atoms with Gasteiger partial charge < -0.3 is 5.32 Å². The Morgan fingerprint density at radius 1 is 1.33 bits per heavy atom. The molecule has 1 N–H and O–H groups in total. The average Bonchev–Trinajstić information content (AvgIpc) is 2.73. The highest BCUT2D eigenvalue weighted by Gasteiger charge is 2.33. The van der Waals surface area contributed by atoms with Gasteiger partial charge in [-0.25, -0.2) is 0 Å². The van der Waals surface area contributed by atoms with Crippen LogP contribution in [0.4, 0.5) is 13.2 Å². The standard InChI is InChI=1S/C13H14F3NO/c1-8-6-17-7-11(8)12(18)9-3-2-4-10(5-9)13(14,15)16/h2-5,8,11,17H,6-7H2,1H3. The molecule has 18 heavy (non-hydrogen) atoms. The van der Waals surface area contributed by atoms with E-state index in [1.165, 1.54) is 12.1 Å². The summed E-state index contributed by atoms with van der Waals surface area (Å²) >= 11 is 0. The van der Waals surface area contributed by atoms with E-state index < -0.39 is 11.7 Å². The van der Waals surface area contributed by atoms with Gasteiger partial charge in [0.25, 0.3) is 0 Å². The number of nitrogens with one attached hydrogen (secondary N) is 1. The summed E-state index contributed by atoms with van der Waals surface area (Å²) < 4.78 is 37.7. The number of Topliss-reactive ketones (excluding diaryl/α,β-unsaturated/α-hetero) is 1. The van der Waals surface area contributed by atoms with Crippen molar-refractivity contribution in [3.63, 3.8) is 0 Å². The molecule has 1 aromatic rings. The van der Waals surface area contributed by atoms with Gasteiger partial charge in [-0.15, -0.1) is 0 Å². The first kappa shape index (κ1) is 13.1. The summed E-state index contributed by atoms with van der Waals surface area (Å²) in [7, 11) is 0. The van der Waals surface area contributed by atoms with E-state index in [0.29, 0.717) is 6.54 Å². The fraction of sp³-hybridized carbons (Fsp3) is 0.462. The Balaban J connectivity index is 2.26. The molecule has 1 heterocycles. The Morgan fingerprint density at radius 3 is 2.61 bits per heavy atom. The molecule has 0 aliphatic carbocycles. The van der Waals surface area contributed by atoms with Gasteiger partial charge in [-0.05, 0) is 24.6 Å². The zero-order chi connectivity index (χ0) is 13.3. The van der Waals surface area contributed by atoms with E-state index in [9.17, 15) is 18.0 Å². The maximum absolute atomic E-state index is 12.6. The minimum atomic E-state index is -4.41. The van der Waals surface area contributed by atoms with Crippen molar-refractivity contribution in [1.82, 2.24) is 5.32 Å². The second kappa shape index (κ2) is 4.72. The topological polar surface area (TPSA) is 29.1 Å². The maximum Gasteiger partial charge on any atom is 0.416 e. The van der Waals surface area contributed by atoms with Crippen LogP contribution in [-0.2, 0) is 6.18 Å². The summed E-state index contributed by atoms with van der Waals surface area (Å²) in [6.45, 7) is 3.20. The minimum Gasteiger partial charge on any atom is -0.316 e. The van der Waals surface area contributed by atoms with Gasteiger partial charge in [0.2, 0.25) is 0 Å². The summed E-state index contributed by atoms with van der Waals surface area (Å²) in [5, 5.41) is 3.07. The zero-order valence-corrected chi connectivity index (χ0v) is 9.92. The van der Waals surface area contributed by atoms with Crippen LogP contribution in [0.2, 0.25) is 0 Å². The van der Waals surface area contributed by atoms with Gasteiger partial charge in [-0.2, -0.15) is 13.2 Å². The van der Waals surface area contributed by atoms with Crippen LogP contribution in [0.1, 0.15) is 22.8 Å². The van der Waals surface area contributed by atoms with Crippen LogP contribution in [0.25, 0.3) is 0 Å². The Morgan fingerprint density at radius 2 is 2.06 bits per heavy atom. The molecule has 0 spiro atoms. The van der Waals surface area contributed by atoms with Crippen LogP contribution in [0.3, 0.4) is 0 Å². The van der Waals surface area contributed by atoms with Crippen LogP contribution in [0.15, 0.2) is 24.3 Å². The van der Waals surface area contributed by atoms with Gasteiger partial charge in [0, 0.05) is 18.0 Å². The third kappa shape index (κ3) is 2.56. The molecule has 1 aliphatic heterocycles. The highest BCUT2D eigenvalue weighted by Crippen LogP contribution is 2.30. The van der Waals surface area contributed by atoms with Crippen molar-refractivity contribution in [3.05, 3.63) is 35.4 Å². The van der Waals surface area contributed by atoms with Crippen LogP contribution in [0.5, 0.6) is 0 Å². The minimum absolute atomic E-state index is 0.144. The van der Waals surface area contributed by atoms with Crippen molar-refractivity contribution < 1.29 is 18.0 Å². The molecule has 0 bridgehead atoms. The lowest BCUT2D eigenvalue weighted by atomic mass is 9.89. The van der Waals surface area contributed by atoms with E-state index in [-0.39, 0.29) is 23.2 Å². The molecule has 5 heteroatoms. The number of benzene rings is 1. The smallest absolute Gasteiger partial charge is 0.316 e. The number of hydrogen-bond donors (Lipinski definition) is 1. The van der Waals surface area contributed by atoms with Crippen molar-refractivity contribution in [2.45, 2.75) is 13.1 Å². The number of ketones is 1. The number of carbonyl (C=O) groups excluding carboxylic acids is 1. The lowest BCUT2D eigenvalue weighted by molar-refractivity contribution is -0.137. The fourth-order valence-electron chi connectivity index (χ4n) is 2.22. The molecule has 1 aliphatic rings. The van der Waals surface area contributed by atoms with Gasteiger partial charge >= 0.3 is 6.18 Å². The highest BCUT2D eigenvalue weighted by atomic mass is 19.4. The number of carbonyl (C=O) groups is 1. The third-order valence-corrected chi connectivity index (χ3v) is 3.33. The molecule has 1 saturated heterocycles. The lowest BCUT2D eigenvalue weighted by Crippen LogP contribution is -2.22. The zero-order valence-electron chi connectivity index (χ0n) is 9.92. The van der Waals surface area contributed by atoms with Gasteiger partial charge in [0.15, 0.2) is 5.78 Å². The summed E-state index contributed by atoms with van der Waals surface area (Å²) in [5.41, 5.74) is -0.627. The van der Waals surface area contributed by atoms with Crippen molar-refractivity contribution in [1.29, 1.82) is 0 Å². The molecule has 2 unspecified atom stereocenters. The second-order valence-electron chi connectivity index (χ2n) is 4.68. The van der Waals surface area contributed by atoms with Crippen LogP contribution < -0.4 is 5.32 Å². The van der Waals surface area contributed by atoms with E-state index in [4.69, 9.17) is 0 Å². The average molecular weight is 257 g/mol. The van der Waals surface area contributed by atoms with E-state index >= 15 is 0 Å². The SMILES string of the molecule is CC1CNCC1C(=O)c1cccc(C(F)(F)F)c1. The molecular weight excluding hydrogens is 243 g/mol. The number of halogens is 3. The van der Waals surface area contributed by atoms with E-state index in [1.807, 2.05) is 6.92 Å². The van der Waals surface area contributed by atoms with Gasteiger partial charge in [0.1, 0.15) is 0 Å². The predicted octanol–water partition coefficient (Wildman–Crippen LogP) is 2.74. The van der Waals surface area contributed by atoms with Gasteiger partial charge in [0.05, 0.1) is 5.56 Å². The number of hydrogen-bond acceptors (Lipinski definition) is 2. The van der Waals surface area contributed by atoms with Crippen molar-refractivity contribution in [2.75, 3.05) is 13.1 Å². The quantitative estimate of drug-likeness (QED) is 0.825. The van der Waals surface area contributed by atoms with Gasteiger partial charge in [-0.1, -0.05) is 19.1 Å². The first-order valence-corrected chi connectivity index (χ1v) is 5.82. The van der Waals surface area contributed by atoms with Crippen molar-refractivity contribution in [2.24, 2.45) is 11.8 Å². The molecule has 2 rings (SSSR count). The number of alkyl halides is 3. The van der Waals surface area contributed by atoms with Crippen LogP contribution in [-0.4, -0.2) is 18.9 Å². The highest BCUT2D eigenvalue weighted by molar-refractivity contribution is 5.98. The molecule has 0 amide bonds. The Bertz CT molecular complexity index is 456. The van der Waals surface area contributed by atoms with Crippen LogP contribution in [0, 0.1) is 11.8 Å². The van der Waals surface area contributed by atoms with E-state index in [2.05, 4.69) is 5.32 Å². The van der Waals surface area contributed by atoms with E-state index in [0.717, 1.165) is 18.7 Å². The summed E-state index contributed by atoms with van der Waals surface area (Å²) in [4.78, 5) is 12.1. The molecule has 0 saturated carbocycles. The molecule has 1 fully saturated rings. The Hall–Kier alpha value is -1.36. The van der Waals surface area contributed by atoms with Gasteiger partial charge in [-0.3, -0.25) is 4.79 Å². The van der Waals surface area contributed by atoms with Crippen LogP contribution >= 0.6 is 0 Å². The first-order chi connectivity index (χ1) is 8.39. The normalized spacial score (nSPS) is 24.2. The molecule has 98 valence electrons. The monoisotopic (exact) mass is 257 g/mol. The Kier molecular flexibility index (Phi) is 3.43. The maximum atomic E-state index is 12.6. The first-order valence-electron chi connectivity index (χ1n) is 5.82. The molecule has 2 atom stereocenters. The molecule has 2 nitrogen and oxygen atoms in total. The molecule has 0 aromatic heterocycles. The molecule has 1 aromatic carbocycles. The third-order valence-electron chi connectivity index (χ3n) is 3.33.